The van der Waals surface area contributed by atoms with Crippen molar-refractivity contribution in [3.8, 4) is 0 Å². The van der Waals surface area contributed by atoms with Crippen molar-refractivity contribution in [1.82, 2.24) is 0 Å². The number of hydrogen-bond acceptors (Lipinski definition) is 6. The Labute approximate surface area is 94.0 Å². The van der Waals surface area contributed by atoms with Crippen molar-refractivity contribution in [3.05, 3.63) is 12.7 Å². The molecule has 1 N–H and O–H groups in total. The summed E-state index contributed by atoms with van der Waals surface area (Å²) in [6.07, 6.45) is 0.520. The van der Waals surface area contributed by atoms with Crippen LogP contribution in [0.1, 0.15) is 20.3 Å². The van der Waals surface area contributed by atoms with E-state index in [-0.39, 0.29) is 20.5 Å². The fourth-order valence-corrected chi connectivity index (χ4v) is 0.906. The maximum absolute atomic E-state index is 10.8. The molecule has 94 valence electrons. The minimum absolute atomic E-state index is 0. The first-order valence-corrected chi connectivity index (χ1v) is 5.18. The Morgan fingerprint density at radius 1 is 1.25 bits per heavy atom. The average molecular weight is 254 g/mol. The molecule has 8 heteroatoms. The molecule has 0 saturated carbocycles. The van der Waals surface area contributed by atoms with Gasteiger partial charge in [-0.2, -0.15) is 8.42 Å². The zero-order chi connectivity index (χ0) is 11.9. The minimum atomic E-state index is -4.81. The number of carbonyl (C=O) groups excluding carboxylic acids is 2. The Balaban J connectivity index is 0. The van der Waals surface area contributed by atoms with E-state index in [0.717, 1.165) is 0 Å². The third-order valence-corrected chi connectivity index (χ3v) is 1.49. The lowest BCUT2D eigenvalue weighted by Gasteiger charge is -2.01. The van der Waals surface area contributed by atoms with Crippen molar-refractivity contribution in [2.45, 2.75) is 20.3 Å². The summed E-state index contributed by atoms with van der Waals surface area (Å²) in [6.45, 7) is 3.30. The van der Waals surface area contributed by atoms with Gasteiger partial charge in [0, 0.05) is 0 Å². The van der Waals surface area contributed by atoms with Gasteiger partial charge in [-0.3, -0.25) is 14.1 Å². The topological polar surface area (TPSA) is 107 Å². The molecule has 0 saturated heterocycles. The first-order chi connectivity index (χ1) is 6.85. The summed E-state index contributed by atoms with van der Waals surface area (Å²) >= 11 is 0. The molecule has 0 aromatic rings. The summed E-state index contributed by atoms with van der Waals surface area (Å²) in [5, 5.41) is 0. The van der Waals surface area contributed by atoms with Crippen molar-refractivity contribution >= 4 is 22.3 Å². The van der Waals surface area contributed by atoms with E-state index >= 15 is 0 Å². The highest BCUT2D eigenvalue weighted by molar-refractivity contribution is 7.81. The third kappa shape index (κ3) is 10.7. The zero-order valence-corrected chi connectivity index (χ0v) is 8.53. The summed E-state index contributed by atoms with van der Waals surface area (Å²) in [7, 11) is -4.81. The number of esters is 1. The van der Waals surface area contributed by atoms with Crippen LogP contribution >= 0.6 is 0 Å². The van der Waals surface area contributed by atoms with Gasteiger partial charge < -0.3 is 8.92 Å². The molecule has 0 fully saturated rings. The molecule has 7 nitrogen and oxygen atoms in total. The maximum Gasteiger partial charge on any atom is 0.448 e. The van der Waals surface area contributed by atoms with Crippen molar-refractivity contribution in [3.63, 3.8) is 0 Å². The molecular formula is C8H14O7S. The molecule has 0 heterocycles. The summed E-state index contributed by atoms with van der Waals surface area (Å²) in [6, 6.07) is 0. The quantitative estimate of drug-likeness (QED) is 0.417. The highest BCUT2D eigenvalue weighted by Crippen LogP contribution is 1.98. The van der Waals surface area contributed by atoms with Gasteiger partial charge in [-0.15, -0.1) is 0 Å². The lowest BCUT2D eigenvalue weighted by molar-refractivity contribution is -0.146. The van der Waals surface area contributed by atoms with Gasteiger partial charge in [0.25, 0.3) is 0 Å². The van der Waals surface area contributed by atoms with Crippen LogP contribution in [-0.4, -0.2) is 31.5 Å². The van der Waals surface area contributed by atoms with Gasteiger partial charge >= 0.3 is 22.3 Å². The van der Waals surface area contributed by atoms with Crippen molar-refractivity contribution in [2.24, 2.45) is 0 Å². The van der Waals surface area contributed by atoms with E-state index in [1.54, 1.807) is 0 Å². The normalized spacial score (nSPS) is 9.81. The van der Waals surface area contributed by atoms with Crippen LogP contribution < -0.4 is 0 Å². The monoisotopic (exact) mass is 254 g/mol. The van der Waals surface area contributed by atoms with E-state index < -0.39 is 28.8 Å². The van der Waals surface area contributed by atoms with Gasteiger partial charge in [-0.1, -0.05) is 20.1 Å². The Hall–Kier alpha value is -1.41. The van der Waals surface area contributed by atoms with Crippen molar-refractivity contribution in [2.75, 3.05) is 6.61 Å². The molecule has 0 aromatic heterocycles. The van der Waals surface area contributed by atoms with Gasteiger partial charge in [-0.25, -0.2) is 0 Å². The minimum Gasteiger partial charge on any atom is -0.461 e. The lowest BCUT2D eigenvalue weighted by atomic mass is 10.3. The van der Waals surface area contributed by atoms with Crippen molar-refractivity contribution in [1.29, 1.82) is 0 Å². The second-order valence-corrected chi connectivity index (χ2v) is 3.38. The van der Waals surface area contributed by atoms with Gasteiger partial charge in [0.05, 0.1) is 12.8 Å². The van der Waals surface area contributed by atoms with Crippen molar-refractivity contribution < 1.29 is 31.5 Å². The van der Waals surface area contributed by atoms with Gasteiger partial charge in [0.15, 0.2) is 0 Å². The number of rotatable bonds is 6. The summed E-state index contributed by atoms with van der Waals surface area (Å²) in [4.78, 5) is 21.4. The van der Waals surface area contributed by atoms with Gasteiger partial charge in [0.2, 0.25) is 0 Å². The molecule has 0 bridgehead atoms. The first kappa shape index (κ1) is 17.0. The molecule has 0 rings (SSSR count). The first-order valence-electron chi connectivity index (χ1n) is 3.81. The van der Waals surface area contributed by atoms with E-state index in [0.29, 0.717) is 0 Å². The summed E-state index contributed by atoms with van der Waals surface area (Å²) in [5.41, 5.74) is 0. The predicted molar refractivity (Wildman–Crippen MR) is 54.8 cm³/mol. The zero-order valence-electron chi connectivity index (χ0n) is 7.71. The SMILES string of the molecule is C.C=CCOC(=O)CCC(=O)OS(=O)(=O)O. The summed E-state index contributed by atoms with van der Waals surface area (Å²) < 4.78 is 36.2. The smallest absolute Gasteiger partial charge is 0.448 e. The van der Waals surface area contributed by atoms with Gasteiger partial charge in [-0.05, 0) is 0 Å². The largest absolute Gasteiger partial charge is 0.461 e. The number of ether oxygens (including phenoxy) is 1. The average Bonchev–Trinajstić information content (AvgIpc) is 2.08. The standard InChI is InChI=1S/C7H10O7S.CH4/c1-2-5-13-6(8)3-4-7(9)14-15(10,11)12;/h2H,1,3-5H2,(H,10,11,12);1H4. The fourth-order valence-electron chi connectivity index (χ4n) is 0.587. The highest BCUT2D eigenvalue weighted by atomic mass is 32.3. The molecule has 0 spiro atoms. The Morgan fingerprint density at radius 2 is 1.75 bits per heavy atom. The van der Waals surface area contributed by atoms with Crippen LogP contribution in [0.25, 0.3) is 0 Å². The second-order valence-electron chi connectivity index (χ2n) is 2.35. The van der Waals surface area contributed by atoms with E-state index in [1.165, 1.54) is 6.08 Å². The molecule has 0 radical (unpaired) electrons. The van der Waals surface area contributed by atoms with E-state index in [4.69, 9.17) is 4.55 Å². The van der Waals surface area contributed by atoms with Crippen LogP contribution in [0.5, 0.6) is 0 Å². The molecule has 0 aliphatic heterocycles. The fraction of sp³-hybridized carbons (Fsp3) is 0.500. The van der Waals surface area contributed by atoms with Crippen LogP contribution in [0, 0.1) is 0 Å². The molecule has 0 aliphatic rings. The molecular weight excluding hydrogens is 240 g/mol. The lowest BCUT2D eigenvalue weighted by Crippen LogP contribution is -2.14. The molecule has 0 amide bonds. The molecule has 0 aromatic carbocycles. The molecule has 0 atom stereocenters. The van der Waals surface area contributed by atoms with Gasteiger partial charge in [0.1, 0.15) is 6.61 Å². The Kier molecular flexibility index (Phi) is 8.32. The molecule has 16 heavy (non-hydrogen) atoms. The number of carbonyl (C=O) groups is 2. The second kappa shape index (κ2) is 7.83. The Morgan fingerprint density at radius 3 is 2.19 bits per heavy atom. The molecule has 0 unspecified atom stereocenters. The summed E-state index contributed by atoms with van der Waals surface area (Å²) in [5.74, 6) is -1.92. The van der Waals surface area contributed by atoms with E-state index in [1.807, 2.05) is 0 Å². The van der Waals surface area contributed by atoms with E-state index in [2.05, 4.69) is 15.5 Å². The van der Waals surface area contributed by atoms with Crippen LogP contribution in [0.4, 0.5) is 0 Å². The van der Waals surface area contributed by atoms with Crippen LogP contribution in [0.2, 0.25) is 0 Å². The predicted octanol–water partition coefficient (Wildman–Crippen LogP) is 0.478. The van der Waals surface area contributed by atoms with E-state index in [9.17, 15) is 18.0 Å². The maximum atomic E-state index is 10.8. The van der Waals surface area contributed by atoms with Crippen LogP contribution in [0.3, 0.4) is 0 Å². The third-order valence-electron chi connectivity index (χ3n) is 1.09. The highest BCUT2D eigenvalue weighted by Gasteiger charge is 2.14. The number of hydrogen-bond donors (Lipinski definition) is 1. The van der Waals surface area contributed by atoms with Crippen LogP contribution in [0.15, 0.2) is 12.7 Å². The Bertz CT molecular complexity index is 343. The molecule has 0 aliphatic carbocycles. The van der Waals surface area contributed by atoms with Crippen LogP contribution in [-0.2, 0) is 28.9 Å².